The molecule has 28 heavy (non-hydrogen) atoms. The Labute approximate surface area is 165 Å². The molecule has 0 radical (unpaired) electrons. The number of ether oxygens (including phenoxy) is 3. The second kappa shape index (κ2) is 11.6. The fourth-order valence-electron chi connectivity index (χ4n) is 2.41. The molecule has 0 fully saturated rings. The van der Waals surface area contributed by atoms with Crippen LogP contribution in [-0.4, -0.2) is 25.2 Å². The van der Waals surface area contributed by atoms with Gasteiger partial charge in [-0.1, -0.05) is 31.9 Å². The van der Waals surface area contributed by atoms with E-state index in [1.54, 1.807) is 61.5 Å². The van der Waals surface area contributed by atoms with Crippen LogP contribution in [0.15, 0.2) is 54.6 Å². The maximum absolute atomic E-state index is 12.0. The molecule has 0 N–H and O–H groups in total. The van der Waals surface area contributed by atoms with Gasteiger partial charge in [0.25, 0.3) is 0 Å². The molecule has 148 valence electrons. The SMILES string of the molecule is CCCCCOc1ccc(OC(=O)C=Cc2ccc(C(=O)OCC)cc2)cc1. The lowest BCUT2D eigenvalue weighted by Gasteiger charge is -2.06. The number of unbranched alkanes of at least 4 members (excludes halogenated alkanes) is 2. The average Bonchev–Trinajstić information content (AvgIpc) is 2.71. The molecule has 0 amide bonds. The summed E-state index contributed by atoms with van der Waals surface area (Å²) in [5, 5.41) is 0. The second-order valence-electron chi connectivity index (χ2n) is 6.12. The Morgan fingerprint density at radius 1 is 0.893 bits per heavy atom. The van der Waals surface area contributed by atoms with Crippen LogP contribution in [0.25, 0.3) is 6.08 Å². The van der Waals surface area contributed by atoms with Crippen molar-refractivity contribution in [1.82, 2.24) is 0 Å². The van der Waals surface area contributed by atoms with E-state index < -0.39 is 5.97 Å². The van der Waals surface area contributed by atoms with Gasteiger partial charge in [0.1, 0.15) is 11.5 Å². The van der Waals surface area contributed by atoms with Gasteiger partial charge in [0.05, 0.1) is 18.8 Å². The molecule has 0 aliphatic carbocycles. The van der Waals surface area contributed by atoms with Crippen molar-refractivity contribution in [2.24, 2.45) is 0 Å². The van der Waals surface area contributed by atoms with Gasteiger partial charge in [0.2, 0.25) is 0 Å². The summed E-state index contributed by atoms with van der Waals surface area (Å²) in [7, 11) is 0. The first-order chi connectivity index (χ1) is 13.6. The van der Waals surface area contributed by atoms with Crippen molar-refractivity contribution in [1.29, 1.82) is 0 Å². The van der Waals surface area contributed by atoms with Crippen LogP contribution in [0.5, 0.6) is 11.5 Å². The van der Waals surface area contributed by atoms with E-state index in [4.69, 9.17) is 14.2 Å². The highest BCUT2D eigenvalue weighted by atomic mass is 16.5. The van der Waals surface area contributed by atoms with Gasteiger partial charge in [-0.05, 0) is 61.4 Å². The fourth-order valence-corrected chi connectivity index (χ4v) is 2.41. The van der Waals surface area contributed by atoms with Crippen molar-refractivity contribution < 1.29 is 23.8 Å². The first kappa shape index (κ1) is 21.2. The molecule has 0 bridgehead atoms. The molecule has 5 nitrogen and oxygen atoms in total. The Bertz CT molecular complexity index is 776. The predicted molar refractivity (Wildman–Crippen MR) is 109 cm³/mol. The maximum atomic E-state index is 12.0. The molecule has 0 saturated carbocycles. The largest absolute Gasteiger partial charge is 0.494 e. The van der Waals surface area contributed by atoms with Crippen molar-refractivity contribution in [3.05, 3.63) is 65.7 Å². The molecule has 0 aliphatic heterocycles. The molecule has 0 aliphatic rings. The highest BCUT2D eigenvalue weighted by Crippen LogP contribution is 2.18. The zero-order valence-electron chi connectivity index (χ0n) is 16.4. The topological polar surface area (TPSA) is 61.8 Å². The number of esters is 2. The highest BCUT2D eigenvalue weighted by molar-refractivity contribution is 5.91. The lowest BCUT2D eigenvalue weighted by molar-refractivity contribution is -0.128. The standard InChI is InChI=1S/C23H26O5/c1-3-5-6-17-27-20-12-14-21(15-13-20)28-22(24)16-9-18-7-10-19(11-8-18)23(25)26-4-2/h7-16H,3-6,17H2,1-2H3. The van der Waals surface area contributed by atoms with Crippen molar-refractivity contribution in [3.63, 3.8) is 0 Å². The number of rotatable bonds is 10. The molecule has 0 unspecified atom stereocenters. The summed E-state index contributed by atoms with van der Waals surface area (Å²) in [5.74, 6) is 0.364. The minimum absolute atomic E-state index is 0.332. The Morgan fingerprint density at radius 2 is 1.57 bits per heavy atom. The zero-order chi connectivity index (χ0) is 20.2. The third kappa shape index (κ3) is 7.27. The molecule has 0 saturated heterocycles. The quantitative estimate of drug-likeness (QED) is 0.249. The first-order valence-electron chi connectivity index (χ1n) is 9.52. The molecule has 0 heterocycles. The molecular weight excluding hydrogens is 356 g/mol. The van der Waals surface area contributed by atoms with E-state index >= 15 is 0 Å². The molecule has 2 rings (SSSR count). The van der Waals surface area contributed by atoms with Crippen molar-refractivity contribution in [3.8, 4) is 11.5 Å². The van der Waals surface area contributed by atoms with Gasteiger partial charge in [0, 0.05) is 6.08 Å². The van der Waals surface area contributed by atoms with Crippen molar-refractivity contribution in [2.75, 3.05) is 13.2 Å². The van der Waals surface area contributed by atoms with Gasteiger partial charge in [-0.2, -0.15) is 0 Å². The number of carbonyl (C=O) groups is 2. The lowest BCUT2D eigenvalue weighted by atomic mass is 10.1. The van der Waals surface area contributed by atoms with Gasteiger partial charge < -0.3 is 14.2 Å². The first-order valence-corrected chi connectivity index (χ1v) is 9.52. The second-order valence-corrected chi connectivity index (χ2v) is 6.12. The Hall–Kier alpha value is -3.08. The Morgan fingerprint density at radius 3 is 2.21 bits per heavy atom. The summed E-state index contributed by atoms with van der Waals surface area (Å²) in [5.41, 5.74) is 1.25. The van der Waals surface area contributed by atoms with E-state index in [2.05, 4.69) is 6.92 Å². The minimum Gasteiger partial charge on any atom is -0.494 e. The molecule has 5 heteroatoms. The van der Waals surface area contributed by atoms with Crippen LogP contribution in [-0.2, 0) is 9.53 Å². The van der Waals surface area contributed by atoms with Crippen LogP contribution in [0.3, 0.4) is 0 Å². The van der Waals surface area contributed by atoms with Crippen molar-refractivity contribution in [2.45, 2.75) is 33.1 Å². The predicted octanol–water partition coefficient (Wildman–Crippen LogP) is 5.05. The number of hydrogen-bond donors (Lipinski definition) is 0. The highest BCUT2D eigenvalue weighted by Gasteiger charge is 2.05. The van der Waals surface area contributed by atoms with E-state index in [1.807, 2.05) is 0 Å². The smallest absolute Gasteiger partial charge is 0.338 e. The summed E-state index contributed by atoms with van der Waals surface area (Å²) in [6.07, 6.45) is 6.30. The average molecular weight is 382 g/mol. The summed E-state index contributed by atoms with van der Waals surface area (Å²) >= 11 is 0. The maximum Gasteiger partial charge on any atom is 0.338 e. The molecule has 0 aromatic heterocycles. The fraction of sp³-hybridized carbons (Fsp3) is 0.304. The number of carbonyl (C=O) groups excluding carboxylic acids is 2. The Balaban J connectivity index is 1.83. The van der Waals surface area contributed by atoms with E-state index in [0.29, 0.717) is 24.5 Å². The van der Waals surface area contributed by atoms with E-state index in [-0.39, 0.29) is 5.97 Å². The number of benzene rings is 2. The normalized spacial score (nSPS) is 10.6. The van der Waals surface area contributed by atoms with Crippen LogP contribution >= 0.6 is 0 Å². The van der Waals surface area contributed by atoms with E-state index in [1.165, 1.54) is 6.08 Å². The van der Waals surface area contributed by atoms with Gasteiger partial charge >= 0.3 is 11.9 Å². The molecule has 0 spiro atoms. The van der Waals surface area contributed by atoms with Gasteiger partial charge in [0.15, 0.2) is 0 Å². The summed E-state index contributed by atoms with van der Waals surface area (Å²) < 4.78 is 15.8. The zero-order valence-corrected chi connectivity index (χ0v) is 16.4. The van der Waals surface area contributed by atoms with Crippen LogP contribution in [0.4, 0.5) is 0 Å². The summed E-state index contributed by atoms with van der Waals surface area (Å²) in [6, 6.07) is 13.8. The summed E-state index contributed by atoms with van der Waals surface area (Å²) in [6.45, 7) is 4.92. The third-order valence-electron chi connectivity index (χ3n) is 3.89. The van der Waals surface area contributed by atoms with Crippen LogP contribution in [0, 0.1) is 0 Å². The Kier molecular flexibility index (Phi) is 8.79. The third-order valence-corrected chi connectivity index (χ3v) is 3.89. The van der Waals surface area contributed by atoms with Crippen molar-refractivity contribution >= 4 is 18.0 Å². The van der Waals surface area contributed by atoms with E-state index in [0.717, 1.165) is 30.6 Å². The van der Waals surface area contributed by atoms with E-state index in [9.17, 15) is 9.59 Å². The van der Waals surface area contributed by atoms with Crippen LogP contribution in [0.1, 0.15) is 49.0 Å². The van der Waals surface area contributed by atoms with Gasteiger partial charge in [-0.15, -0.1) is 0 Å². The number of hydrogen-bond acceptors (Lipinski definition) is 5. The lowest BCUT2D eigenvalue weighted by Crippen LogP contribution is -2.04. The van der Waals surface area contributed by atoms with Gasteiger partial charge in [-0.3, -0.25) is 0 Å². The van der Waals surface area contributed by atoms with Gasteiger partial charge in [-0.25, -0.2) is 9.59 Å². The summed E-state index contributed by atoms with van der Waals surface area (Å²) in [4.78, 5) is 23.6. The minimum atomic E-state index is -0.480. The molecule has 2 aromatic carbocycles. The molecule has 0 atom stereocenters. The molecular formula is C23H26O5. The van der Waals surface area contributed by atoms with Crippen LogP contribution in [0.2, 0.25) is 0 Å². The van der Waals surface area contributed by atoms with Crippen LogP contribution < -0.4 is 9.47 Å². The molecule has 2 aromatic rings. The monoisotopic (exact) mass is 382 g/mol.